The largest absolute Gasteiger partial charge is 0.336 e. The van der Waals surface area contributed by atoms with Crippen molar-refractivity contribution in [1.82, 2.24) is 10.3 Å². The van der Waals surface area contributed by atoms with Crippen LogP contribution in [0.3, 0.4) is 0 Å². The van der Waals surface area contributed by atoms with Gasteiger partial charge in [-0.1, -0.05) is 11.8 Å². The lowest BCUT2D eigenvalue weighted by Gasteiger charge is -2.08. The predicted octanol–water partition coefficient (Wildman–Crippen LogP) is 3.17. The van der Waals surface area contributed by atoms with Gasteiger partial charge in [0.25, 0.3) is 5.76 Å². The highest BCUT2D eigenvalue weighted by Gasteiger charge is 2.24. The number of benzene rings is 1. The van der Waals surface area contributed by atoms with Gasteiger partial charge < -0.3 is 10.6 Å². The summed E-state index contributed by atoms with van der Waals surface area (Å²) < 4.78 is 24.5. The molecule has 2 heterocycles. The van der Waals surface area contributed by atoms with E-state index in [0.29, 0.717) is 46.3 Å². The summed E-state index contributed by atoms with van der Waals surface area (Å²) in [6.45, 7) is 1.13. The third-order valence-corrected chi connectivity index (χ3v) is 4.97. The topological polar surface area (TPSA) is 74.3 Å². The Bertz CT molecular complexity index is 767. The quantitative estimate of drug-likeness (QED) is 0.751. The van der Waals surface area contributed by atoms with Gasteiger partial charge in [0.2, 0.25) is 5.91 Å². The average Bonchev–Trinajstić information content (AvgIpc) is 3.17. The first-order valence-corrected chi connectivity index (χ1v) is 9.11. The van der Waals surface area contributed by atoms with E-state index in [9.17, 15) is 18.4 Å². The molecule has 1 aliphatic rings. The number of aromatic nitrogens is 1. The fraction of sp³-hybridized carbons (Fsp3) is 0.267. The molecule has 3 rings (SSSR count). The Morgan fingerprint density at radius 1 is 1.40 bits per heavy atom. The van der Waals surface area contributed by atoms with Crippen molar-refractivity contribution in [2.45, 2.75) is 17.1 Å². The Labute approximate surface area is 150 Å². The maximum absolute atomic E-state index is 12.3. The van der Waals surface area contributed by atoms with Crippen molar-refractivity contribution in [3.05, 3.63) is 35.3 Å². The number of thiazole rings is 1. The molecular formula is C15H14F2N4O2S2. The molecule has 0 atom stereocenters. The number of thioether (sulfide) groups is 1. The molecule has 0 radical (unpaired) electrons. The maximum atomic E-state index is 12.3. The number of anilines is 2. The van der Waals surface area contributed by atoms with Crippen molar-refractivity contribution in [3.8, 4) is 0 Å². The number of rotatable bonds is 6. The Hall–Kier alpha value is -2.20. The van der Waals surface area contributed by atoms with Crippen LogP contribution in [0.1, 0.15) is 5.69 Å². The standard InChI is InChI=1S/C15H14F2N4O2S2/c16-13(17)25-11-3-1-9(2-4-11)19-12(22)7-10-8-24-15(20-10)21-6-5-18-14(21)23/h1-4,8,13H,5-7H2,(H,18,23)(H,19,22). The average molecular weight is 384 g/mol. The lowest BCUT2D eigenvalue weighted by molar-refractivity contribution is -0.115. The predicted molar refractivity (Wildman–Crippen MR) is 93.5 cm³/mol. The summed E-state index contributed by atoms with van der Waals surface area (Å²) in [6, 6.07) is 6.01. The zero-order chi connectivity index (χ0) is 17.8. The first kappa shape index (κ1) is 17.6. The lowest BCUT2D eigenvalue weighted by Crippen LogP contribution is -2.27. The number of urea groups is 1. The van der Waals surface area contributed by atoms with Crippen molar-refractivity contribution in [1.29, 1.82) is 0 Å². The number of hydrogen-bond acceptors (Lipinski definition) is 5. The van der Waals surface area contributed by atoms with Gasteiger partial charge in [0.15, 0.2) is 5.13 Å². The van der Waals surface area contributed by atoms with Crippen molar-refractivity contribution in [2.24, 2.45) is 0 Å². The summed E-state index contributed by atoms with van der Waals surface area (Å²) in [7, 11) is 0. The maximum Gasteiger partial charge on any atom is 0.323 e. The fourth-order valence-corrected chi connectivity index (χ4v) is 3.59. The van der Waals surface area contributed by atoms with Gasteiger partial charge in [0, 0.05) is 29.1 Å². The molecule has 0 bridgehead atoms. The molecule has 0 spiro atoms. The first-order valence-electron chi connectivity index (χ1n) is 7.36. The van der Waals surface area contributed by atoms with Crippen molar-refractivity contribution in [2.75, 3.05) is 23.3 Å². The van der Waals surface area contributed by atoms with Crippen molar-refractivity contribution >= 4 is 45.9 Å². The second-order valence-corrected chi connectivity index (χ2v) is 7.03. The minimum atomic E-state index is -2.48. The molecule has 132 valence electrons. The minimum absolute atomic E-state index is 0.0689. The van der Waals surface area contributed by atoms with E-state index < -0.39 is 5.76 Å². The van der Waals surface area contributed by atoms with Crippen LogP contribution in [0.2, 0.25) is 0 Å². The normalized spacial score (nSPS) is 14.0. The van der Waals surface area contributed by atoms with Crippen LogP contribution in [0.5, 0.6) is 0 Å². The highest BCUT2D eigenvalue weighted by molar-refractivity contribution is 7.99. The van der Waals surface area contributed by atoms with Gasteiger partial charge in [-0.2, -0.15) is 8.78 Å². The van der Waals surface area contributed by atoms with Gasteiger partial charge >= 0.3 is 6.03 Å². The van der Waals surface area contributed by atoms with E-state index in [1.54, 1.807) is 17.5 Å². The molecule has 1 aliphatic heterocycles. The van der Waals surface area contributed by atoms with Crippen molar-refractivity contribution < 1.29 is 18.4 Å². The summed E-state index contributed by atoms with van der Waals surface area (Å²) in [5.41, 5.74) is 1.10. The summed E-state index contributed by atoms with van der Waals surface area (Å²) in [4.78, 5) is 29.9. The minimum Gasteiger partial charge on any atom is -0.336 e. The Balaban J connectivity index is 1.56. The van der Waals surface area contributed by atoms with E-state index in [4.69, 9.17) is 0 Å². The van der Waals surface area contributed by atoms with Crippen LogP contribution in [0.15, 0.2) is 34.5 Å². The number of carbonyl (C=O) groups is 2. The number of nitrogens with zero attached hydrogens (tertiary/aromatic N) is 2. The van der Waals surface area contributed by atoms with Crippen molar-refractivity contribution in [3.63, 3.8) is 0 Å². The molecule has 1 aromatic carbocycles. The van der Waals surface area contributed by atoms with Crippen LogP contribution in [0, 0.1) is 0 Å². The number of hydrogen-bond donors (Lipinski definition) is 2. The van der Waals surface area contributed by atoms with E-state index in [0.717, 1.165) is 0 Å². The Kier molecular flexibility index (Phi) is 5.49. The highest BCUT2D eigenvalue weighted by atomic mass is 32.2. The fourth-order valence-electron chi connectivity index (χ4n) is 2.24. The molecule has 3 amide bonds. The van der Waals surface area contributed by atoms with Gasteiger partial charge in [0.1, 0.15) is 0 Å². The number of nitrogens with one attached hydrogen (secondary N) is 2. The van der Waals surface area contributed by atoms with Crippen LogP contribution in [0.25, 0.3) is 0 Å². The number of alkyl halides is 2. The molecular weight excluding hydrogens is 370 g/mol. The molecule has 0 aliphatic carbocycles. The summed E-state index contributed by atoms with van der Waals surface area (Å²) in [5, 5.41) is 7.69. The van der Waals surface area contributed by atoms with Gasteiger partial charge in [-0.3, -0.25) is 9.69 Å². The van der Waals surface area contributed by atoms with Crippen LogP contribution in [-0.2, 0) is 11.2 Å². The van der Waals surface area contributed by atoms with Gasteiger partial charge in [-0.15, -0.1) is 11.3 Å². The van der Waals surface area contributed by atoms with E-state index in [2.05, 4.69) is 15.6 Å². The van der Waals surface area contributed by atoms with Gasteiger partial charge in [0.05, 0.1) is 12.1 Å². The molecule has 25 heavy (non-hydrogen) atoms. The summed E-state index contributed by atoms with van der Waals surface area (Å²) in [6.07, 6.45) is 0.0689. The van der Waals surface area contributed by atoms with E-state index >= 15 is 0 Å². The van der Waals surface area contributed by atoms with Crippen LogP contribution in [0.4, 0.5) is 24.4 Å². The molecule has 1 fully saturated rings. The molecule has 1 aromatic heterocycles. The number of halogens is 2. The first-order chi connectivity index (χ1) is 12.0. The Morgan fingerprint density at radius 2 is 2.16 bits per heavy atom. The second-order valence-electron chi connectivity index (χ2n) is 5.13. The van der Waals surface area contributed by atoms with E-state index in [-0.39, 0.29) is 18.4 Å². The molecule has 0 saturated carbocycles. The highest BCUT2D eigenvalue weighted by Crippen LogP contribution is 2.26. The summed E-state index contributed by atoms with van der Waals surface area (Å²) in [5.74, 6) is -2.74. The number of carbonyl (C=O) groups excluding carboxylic acids is 2. The number of amides is 3. The lowest BCUT2D eigenvalue weighted by atomic mass is 10.3. The van der Waals surface area contributed by atoms with Gasteiger partial charge in [-0.05, 0) is 24.3 Å². The molecule has 2 aromatic rings. The smallest absolute Gasteiger partial charge is 0.323 e. The Morgan fingerprint density at radius 3 is 2.80 bits per heavy atom. The monoisotopic (exact) mass is 384 g/mol. The van der Waals surface area contributed by atoms with E-state index in [1.807, 2.05) is 0 Å². The van der Waals surface area contributed by atoms with Crippen LogP contribution in [-0.4, -0.2) is 35.8 Å². The zero-order valence-electron chi connectivity index (χ0n) is 12.9. The SMILES string of the molecule is O=C(Cc1csc(N2CCNC2=O)n1)Nc1ccc(SC(F)F)cc1. The third-order valence-electron chi connectivity index (χ3n) is 3.33. The molecule has 1 saturated heterocycles. The molecule has 10 heteroatoms. The van der Waals surface area contributed by atoms with Crippen LogP contribution >= 0.6 is 23.1 Å². The second kappa shape index (κ2) is 7.79. The van der Waals surface area contributed by atoms with Gasteiger partial charge in [-0.25, -0.2) is 9.78 Å². The zero-order valence-corrected chi connectivity index (χ0v) is 14.5. The molecule has 6 nitrogen and oxygen atoms in total. The summed E-state index contributed by atoms with van der Waals surface area (Å²) >= 11 is 1.76. The molecule has 0 unspecified atom stereocenters. The molecule has 2 N–H and O–H groups in total. The third kappa shape index (κ3) is 4.67. The van der Waals surface area contributed by atoms with Crippen LogP contribution < -0.4 is 15.5 Å². The van der Waals surface area contributed by atoms with E-state index in [1.165, 1.54) is 28.4 Å².